The predicted molar refractivity (Wildman–Crippen MR) is 152 cm³/mol. The summed E-state index contributed by atoms with van der Waals surface area (Å²) in [4.78, 5) is 13.7. The zero-order chi connectivity index (χ0) is 27.4. The van der Waals surface area contributed by atoms with E-state index in [2.05, 4.69) is 39.8 Å². The van der Waals surface area contributed by atoms with E-state index in [9.17, 15) is 9.90 Å². The summed E-state index contributed by atoms with van der Waals surface area (Å²) in [6, 6.07) is 3.50. The molecule has 3 aliphatic heterocycles. The Hall–Kier alpha value is -2.37. The molecule has 5 nitrogen and oxygen atoms in total. The van der Waals surface area contributed by atoms with Crippen LogP contribution in [0, 0.1) is 11.8 Å². The molecule has 2 saturated heterocycles. The Bertz CT molecular complexity index is 1100. The van der Waals surface area contributed by atoms with Gasteiger partial charge in [-0.15, -0.1) is 0 Å². The molecule has 38 heavy (non-hydrogen) atoms. The van der Waals surface area contributed by atoms with Gasteiger partial charge >= 0.3 is 5.97 Å². The highest BCUT2D eigenvalue weighted by atomic mass is 16.7. The normalized spacial score (nSPS) is 32.8. The number of benzene rings is 1. The molecule has 5 heteroatoms. The third-order valence-electron chi connectivity index (χ3n) is 8.51. The number of hydrogen-bond acceptors (Lipinski definition) is 5. The van der Waals surface area contributed by atoms with Crippen LogP contribution in [0.2, 0.25) is 0 Å². The van der Waals surface area contributed by atoms with Crippen molar-refractivity contribution in [2.24, 2.45) is 11.8 Å². The van der Waals surface area contributed by atoms with E-state index >= 15 is 0 Å². The molecule has 6 atom stereocenters. The third-order valence-corrected chi connectivity index (χ3v) is 8.51. The van der Waals surface area contributed by atoms with Crippen molar-refractivity contribution in [3.05, 3.63) is 58.7 Å². The lowest BCUT2D eigenvalue weighted by molar-refractivity contribution is -0.334. The van der Waals surface area contributed by atoms with E-state index in [-0.39, 0.29) is 30.0 Å². The summed E-state index contributed by atoms with van der Waals surface area (Å²) in [5.74, 6) is 0.00485. The molecule has 208 valence electrons. The molecule has 1 N–H and O–H groups in total. The molecule has 1 spiro atoms. The van der Waals surface area contributed by atoms with Crippen LogP contribution in [0.5, 0.6) is 5.75 Å². The van der Waals surface area contributed by atoms with E-state index in [1.165, 1.54) is 5.57 Å². The molecule has 3 aliphatic rings. The van der Waals surface area contributed by atoms with Crippen molar-refractivity contribution < 1.29 is 24.1 Å². The minimum atomic E-state index is -0.716. The first-order chi connectivity index (χ1) is 18.1. The van der Waals surface area contributed by atoms with Gasteiger partial charge in [0.05, 0.1) is 17.8 Å². The number of aryl methyl sites for hydroxylation is 1. The molecule has 0 aliphatic carbocycles. The van der Waals surface area contributed by atoms with Crippen LogP contribution in [0.25, 0.3) is 5.57 Å². The molecule has 4 rings (SSSR count). The quantitative estimate of drug-likeness (QED) is 0.316. The second kappa shape index (κ2) is 12.2. The number of esters is 1. The SMILES string of the molecule is CCc1cc2c(cc1O)C(C)=CC=CC(C)CC(C)=CCC1CC(CC3(CCC(C)C(CC)O3)O1)OC2=O. The lowest BCUT2D eigenvalue weighted by Crippen LogP contribution is -2.54. The second-order valence-electron chi connectivity index (χ2n) is 11.8. The van der Waals surface area contributed by atoms with Crippen LogP contribution in [0.3, 0.4) is 0 Å². The molecule has 1 aromatic carbocycles. The van der Waals surface area contributed by atoms with Crippen molar-refractivity contribution in [2.75, 3.05) is 0 Å². The Kier molecular flexibility index (Phi) is 9.20. The largest absolute Gasteiger partial charge is 0.508 e. The van der Waals surface area contributed by atoms with Crippen molar-refractivity contribution in [3.8, 4) is 5.75 Å². The molecule has 0 amide bonds. The molecule has 0 saturated carbocycles. The number of allylic oxidation sites excluding steroid dienone is 5. The fourth-order valence-electron chi connectivity index (χ4n) is 6.26. The molecule has 6 unspecified atom stereocenters. The summed E-state index contributed by atoms with van der Waals surface area (Å²) in [7, 11) is 0. The van der Waals surface area contributed by atoms with Crippen LogP contribution in [-0.4, -0.2) is 35.2 Å². The fourth-order valence-corrected chi connectivity index (χ4v) is 6.26. The summed E-state index contributed by atoms with van der Waals surface area (Å²) >= 11 is 0. The molecule has 3 heterocycles. The molecular formula is C33H46O5. The Morgan fingerprint density at radius 2 is 1.87 bits per heavy atom. The smallest absolute Gasteiger partial charge is 0.339 e. The van der Waals surface area contributed by atoms with Gasteiger partial charge in [0.1, 0.15) is 11.9 Å². The summed E-state index contributed by atoms with van der Waals surface area (Å²) in [6.07, 6.45) is 14.7. The van der Waals surface area contributed by atoms with Gasteiger partial charge in [0.2, 0.25) is 0 Å². The number of phenolic OH excluding ortho intramolecular Hbond substituents is 1. The van der Waals surface area contributed by atoms with Crippen LogP contribution in [0.4, 0.5) is 0 Å². The van der Waals surface area contributed by atoms with E-state index in [0.717, 1.165) is 43.2 Å². The zero-order valence-corrected chi connectivity index (χ0v) is 24.1. The Morgan fingerprint density at radius 1 is 1.08 bits per heavy atom. The van der Waals surface area contributed by atoms with Gasteiger partial charge in [-0.1, -0.05) is 57.6 Å². The van der Waals surface area contributed by atoms with E-state index in [4.69, 9.17) is 14.2 Å². The van der Waals surface area contributed by atoms with Crippen LogP contribution < -0.4 is 0 Å². The van der Waals surface area contributed by atoms with E-state index in [1.54, 1.807) is 12.1 Å². The van der Waals surface area contributed by atoms with E-state index in [1.807, 2.05) is 26.0 Å². The average molecular weight is 523 g/mol. The summed E-state index contributed by atoms with van der Waals surface area (Å²) in [6.45, 7) is 12.8. The number of ether oxygens (including phenoxy) is 3. The van der Waals surface area contributed by atoms with Gasteiger partial charge in [0.15, 0.2) is 5.79 Å². The number of hydrogen-bond donors (Lipinski definition) is 1. The minimum absolute atomic E-state index is 0.0757. The van der Waals surface area contributed by atoms with Gasteiger partial charge in [0.25, 0.3) is 0 Å². The first kappa shape index (κ1) is 28.6. The standard InChI is InChI=1S/C33H46O5/c1-7-25-17-29-28(19-30(25)34)23(5)11-9-10-21(3)16-22(4)12-13-26-18-27(36-32(29)35)20-33(37-26)15-14-24(6)31(8-2)38-33/h9-12,17,19,21,24,26-27,31,34H,7-8,13-16,18,20H2,1-6H3. The predicted octanol–water partition coefficient (Wildman–Crippen LogP) is 7.92. The lowest BCUT2D eigenvalue weighted by Gasteiger charge is -2.49. The molecule has 0 radical (unpaired) electrons. The number of carbonyl (C=O) groups excluding carboxylic acids is 1. The maximum Gasteiger partial charge on any atom is 0.339 e. The average Bonchev–Trinajstić information content (AvgIpc) is 2.88. The highest BCUT2D eigenvalue weighted by molar-refractivity contribution is 5.96. The highest BCUT2D eigenvalue weighted by Gasteiger charge is 2.48. The maximum atomic E-state index is 13.7. The van der Waals surface area contributed by atoms with Crippen molar-refractivity contribution in [2.45, 2.75) is 117 Å². The van der Waals surface area contributed by atoms with Gasteiger partial charge in [-0.3, -0.25) is 0 Å². The number of phenols is 1. The van der Waals surface area contributed by atoms with Gasteiger partial charge in [-0.2, -0.15) is 0 Å². The molecule has 1 aromatic rings. The van der Waals surface area contributed by atoms with Crippen LogP contribution in [-0.2, 0) is 20.6 Å². The van der Waals surface area contributed by atoms with Crippen LogP contribution in [0.15, 0.2) is 42.0 Å². The fraction of sp³-hybridized carbons (Fsp3) is 0.606. The van der Waals surface area contributed by atoms with Crippen molar-refractivity contribution in [1.29, 1.82) is 0 Å². The topological polar surface area (TPSA) is 65.0 Å². The van der Waals surface area contributed by atoms with Gasteiger partial charge in [-0.05, 0) is 86.6 Å². The number of fused-ring (bicyclic) bond motifs is 3. The summed E-state index contributed by atoms with van der Waals surface area (Å²) in [5.41, 5.74) is 4.19. The molecular weight excluding hydrogens is 476 g/mol. The highest BCUT2D eigenvalue weighted by Crippen LogP contribution is 2.43. The first-order valence-corrected chi connectivity index (χ1v) is 14.6. The second-order valence-corrected chi connectivity index (χ2v) is 11.8. The van der Waals surface area contributed by atoms with Crippen LogP contribution in [0.1, 0.15) is 108 Å². The van der Waals surface area contributed by atoms with Crippen LogP contribution >= 0.6 is 0 Å². The van der Waals surface area contributed by atoms with E-state index < -0.39 is 5.79 Å². The Balaban J connectivity index is 1.73. The lowest BCUT2D eigenvalue weighted by atomic mass is 9.85. The first-order valence-electron chi connectivity index (χ1n) is 14.6. The van der Waals surface area contributed by atoms with Gasteiger partial charge < -0.3 is 19.3 Å². The maximum absolute atomic E-state index is 13.7. The van der Waals surface area contributed by atoms with Crippen molar-refractivity contribution >= 4 is 11.5 Å². The van der Waals surface area contributed by atoms with E-state index in [0.29, 0.717) is 42.2 Å². The van der Waals surface area contributed by atoms with Crippen molar-refractivity contribution in [1.82, 2.24) is 0 Å². The van der Waals surface area contributed by atoms with Gasteiger partial charge in [-0.25, -0.2) is 4.79 Å². The zero-order valence-electron chi connectivity index (χ0n) is 24.1. The molecule has 0 aromatic heterocycles. The third kappa shape index (κ3) is 6.60. The number of rotatable bonds is 2. The summed E-state index contributed by atoms with van der Waals surface area (Å²) < 4.78 is 19.6. The number of carbonyl (C=O) groups is 1. The monoisotopic (exact) mass is 522 g/mol. The summed E-state index contributed by atoms with van der Waals surface area (Å²) in [5, 5.41) is 10.6. The Morgan fingerprint density at radius 3 is 2.61 bits per heavy atom. The molecule has 2 fully saturated rings. The van der Waals surface area contributed by atoms with Gasteiger partial charge in [0, 0.05) is 19.3 Å². The molecule has 2 bridgehead atoms. The Labute approximate surface area is 228 Å². The minimum Gasteiger partial charge on any atom is -0.508 e. The van der Waals surface area contributed by atoms with Crippen molar-refractivity contribution in [3.63, 3.8) is 0 Å². The number of aromatic hydroxyl groups is 1.